The van der Waals surface area contributed by atoms with E-state index >= 15 is 0 Å². The van der Waals surface area contributed by atoms with Crippen molar-refractivity contribution in [1.29, 1.82) is 0 Å². The summed E-state index contributed by atoms with van der Waals surface area (Å²) in [6.07, 6.45) is 6.55. The fourth-order valence-corrected chi connectivity index (χ4v) is 4.14. The van der Waals surface area contributed by atoms with Crippen molar-refractivity contribution >= 4 is 6.03 Å². The van der Waals surface area contributed by atoms with E-state index in [-0.39, 0.29) is 6.03 Å². The minimum Gasteiger partial charge on any atom is -0.468 e. The maximum Gasteiger partial charge on any atom is 0.319 e. The Hall–Kier alpha value is -1.49. The molecule has 122 valence electrons. The van der Waals surface area contributed by atoms with Gasteiger partial charge < -0.3 is 14.2 Å². The van der Waals surface area contributed by atoms with Crippen LogP contribution in [0.5, 0.6) is 0 Å². The zero-order valence-electron chi connectivity index (χ0n) is 13.9. The van der Waals surface area contributed by atoms with Crippen LogP contribution in [0.15, 0.2) is 22.8 Å². The Kier molecular flexibility index (Phi) is 4.17. The third kappa shape index (κ3) is 2.74. The van der Waals surface area contributed by atoms with E-state index in [1.54, 1.807) is 11.2 Å². The van der Waals surface area contributed by atoms with E-state index in [9.17, 15) is 4.79 Å². The summed E-state index contributed by atoms with van der Waals surface area (Å²) in [5.74, 6) is 1.03. The van der Waals surface area contributed by atoms with E-state index < -0.39 is 0 Å². The maximum absolute atomic E-state index is 12.1. The first-order chi connectivity index (χ1) is 10.5. The van der Waals surface area contributed by atoms with Gasteiger partial charge >= 0.3 is 6.03 Å². The molecular formula is C17H27N3O2. The van der Waals surface area contributed by atoms with Crippen LogP contribution in [-0.4, -0.2) is 61.0 Å². The number of hydrogen-bond acceptors (Lipinski definition) is 3. The van der Waals surface area contributed by atoms with Crippen LogP contribution >= 0.6 is 0 Å². The second kappa shape index (κ2) is 5.95. The van der Waals surface area contributed by atoms with E-state index in [1.165, 1.54) is 12.8 Å². The van der Waals surface area contributed by atoms with Gasteiger partial charge in [-0.1, -0.05) is 0 Å². The smallest absolute Gasteiger partial charge is 0.319 e. The predicted molar refractivity (Wildman–Crippen MR) is 85.5 cm³/mol. The zero-order valence-corrected chi connectivity index (χ0v) is 13.9. The van der Waals surface area contributed by atoms with Gasteiger partial charge in [0.2, 0.25) is 0 Å². The van der Waals surface area contributed by atoms with Gasteiger partial charge in [0, 0.05) is 33.2 Å². The number of amides is 2. The van der Waals surface area contributed by atoms with Gasteiger partial charge in [-0.25, -0.2) is 4.79 Å². The van der Waals surface area contributed by atoms with Crippen LogP contribution in [0.25, 0.3) is 0 Å². The van der Waals surface area contributed by atoms with E-state index in [0.717, 1.165) is 38.2 Å². The van der Waals surface area contributed by atoms with Crippen LogP contribution in [0, 0.1) is 5.41 Å². The van der Waals surface area contributed by atoms with Crippen molar-refractivity contribution in [1.82, 2.24) is 14.7 Å². The molecule has 0 bridgehead atoms. The van der Waals surface area contributed by atoms with Crippen molar-refractivity contribution in [3.63, 3.8) is 0 Å². The second-order valence-corrected chi connectivity index (χ2v) is 7.08. The lowest BCUT2D eigenvalue weighted by Crippen LogP contribution is -2.59. The first kappa shape index (κ1) is 15.4. The van der Waals surface area contributed by atoms with E-state index in [4.69, 9.17) is 4.42 Å². The van der Waals surface area contributed by atoms with E-state index in [2.05, 4.69) is 11.9 Å². The Morgan fingerprint density at radius 1 is 1.32 bits per heavy atom. The van der Waals surface area contributed by atoms with Gasteiger partial charge in [-0.3, -0.25) is 4.90 Å². The Morgan fingerprint density at radius 3 is 2.55 bits per heavy atom. The minimum absolute atomic E-state index is 0.148. The number of piperidine rings is 1. The third-order valence-corrected chi connectivity index (χ3v) is 5.55. The molecule has 1 unspecified atom stereocenters. The van der Waals surface area contributed by atoms with Crippen molar-refractivity contribution < 1.29 is 9.21 Å². The molecule has 2 fully saturated rings. The standard InChI is InChI=1S/C17H27N3O2/c1-18(2)16(21)20-10-8-17(9-11-20)7-6-15(17)19(3)13-14-5-4-12-22-14/h4-5,12,15H,6-11,13H2,1-3H3. The molecule has 0 N–H and O–H groups in total. The molecule has 3 rings (SSSR count). The quantitative estimate of drug-likeness (QED) is 0.862. The van der Waals surface area contributed by atoms with Gasteiger partial charge in [0.15, 0.2) is 0 Å². The molecule has 1 aromatic heterocycles. The molecule has 0 radical (unpaired) electrons. The van der Waals surface area contributed by atoms with Gasteiger partial charge in [0.25, 0.3) is 0 Å². The highest BCUT2D eigenvalue weighted by molar-refractivity contribution is 5.73. The van der Waals surface area contributed by atoms with Crippen molar-refractivity contribution in [3.8, 4) is 0 Å². The molecule has 0 aromatic carbocycles. The third-order valence-electron chi connectivity index (χ3n) is 5.55. The van der Waals surface area contributed by atoms with Crippen molar-refractivity contribution in [2.24, 2.45) is 5.41 Å². The first-order valence-electron chi connectivity index (χ1n) is 8.21. The summed E-state index contributed by atoms with van der Waals surface area (Å²) in [4.78, 5) is 18.2. The molecule has 1 aliphatic carbocycles. The first-order valence-corrected chi connectivity index (χ1v) is 8.21. The molecule has 5 nitrogen and oxygen atoms in total. The lowest BCUT2D eigenvalue weighted by Gasteiger charge is -2.57. The Bertz CT molecular complexity index is 504. The van der Waals surface area contributed by atoms with Crippen molar-refractivity contribution in [2.45, 2.75) is 38.3 Å². The molecule has 1 aliphatic heterocycles. The summed E-state index contributed by atoms with van der Waals surface area (Å²) in [6.45, 7) is 2.66. The lowest BCUT2D eigenvalue weighted by molar-refractivity contribution is -0.0583. The summed E-state index contributed by atoms with van der Waals surface area (Å²) < 4.78 is 5.47. The van der Waals surface area contributed by atoms with Crippen LogP contribution in [0.4, 0.5) is 4.79 Å². The van der Waals surface area contributed by atoms with Gasteiger partial charge in [0.1, 0.15) is 5.76 Å². The van der Waals surface area contributed by atoms with Gasteiger partial charge in [-0.2, -0.15) is 0 Å². The molecule has 1 atom stereocenters. The molecule has 1 saturated heterocycles. The number of nitrogens with zero attached hydrogens (tertiary/aromatic N) is 3. The van der Waals surface area contributed by atoms with Gasteiger partial charge in [-0.05, 0) is 50.3 Å². The minimum atomic E-state index is 0.148. The molecule has 1 spiro atoms. The van der Waals surface area contributed by atoms with Gasteiger partial charge in [0.05, 0.1) is 12.8 Å². The maximum atomic E-state index is 12.1. The zero-order chi connectivity index (χ0) is 15.7. The van der Waals surface area contributed by atoms with E-state index in [1.807, 2.05) is 31.1 Å². The normalized spacial score (nSPS) is 23.6. The van der Waals surface area contributed by atoms with Gasteiger partial charge in [-0.15, -0.1) is 0 Å². The Balaban J connectivity index is 1.57. The van der Waals surface area contributed by atoms with E-state index in [0.29, 0.717) is 11.5 Å². The van der Waals surface area contributed by atoms with Crippen LogP contribution in [-0.2, 0) is 6.54 Å². The topological polar surface area (TPSA) is 39.9 Å². The summed E-state index contributed by atoms with van der Waals surface area (Å²) in [6, 6.07) is 4.76. The molecule has 1 saturated carbocycles. The number of urea groups is 1. The van der Waals surface area contributed by atoms with Crippen LogP contribution in [0.2, 0.25) is 0 Å². The molecule has 2 heterocycles. The predicted octanol–water partition coefficient (Wildman–Crippen LogP) is 2.64. The highest BCUT2D eigenvalue weighted by Crippen LogP contribution is 2.51. The average Bonchev–Trinajstić information content (AvgIpc) is 2.98. The average molecular weight is 305 g/mol. The van der Waals surface area contributed by atoms with Crippen molar-refractivity contribution in [3.05, 3.63) is 24.2 Å². The molecule has 5 heteroatoms. The molecule has 2 aliphatic rings. The Labute approximate surface area is 132 Å². The van der Waals surface area contributed by atoms with Crippen molar-refractivity contribution in [2.75, 3.05) is 34.2 Å². The highest BCUT2D eigenvalue weighted by atomic mass is 16.3. The highest BCUT2D eigenvalue weighted by Gasteiger charge is 2.50. The van der Waals surface area contributed by atoms with Crippen LogP contribution in [0.3, 0.4) is 0 Å². The number of rotatable bonds is 3. The number of furan rings is 1. The SMILES string of the molecule is CN(C)C(=O)N1CCC2(CCC2N(C)Cc2ccco2)CC1. The number of carbonyl (C=O) groups excluding carboxylic acids is 1. The fourth-order valence-electron chi connectivity index (χ4n) is 4.14. The second-order valence-electron chi connectivity index (χ2n) is 7.08. The summed E-state index contributed by atoms with van der Waals surface area (Å²) in [7, 11) is 5.86. The molecular weight excluding hydrogens is 278 g/mol. The van der Waals surface area contributed by atoms with Crippen LogP contribution in [0.1, 0.15) is 31.4 Å². The molecule has 2 amide bonds. The number of likely N-dealkylation sites (tertiary alicyclic amines) is 1. The number of hydrogen-bond donors (Lipinski definition) is 0. The molecule has 22 heavy (non-hydrogen) atoms. The summed E-state index contributed by atoms with van der Waals surface area (Å²) in [5, 5.41) is 0. The van der Waals surface area contributed by atoms with Crippen LogP contribution < -0.4 is 0 Å². The monoisotopic (exact) mass is 305 g/mol. The Morgan fingerprint density at radius 2 is 2.05 bits per heavy atom. The summed E-state index contributed by atoms with van der Waals surface area (Å²) in [5.41, 5.74) is 0.407. The summed E-state index contributed by atoms with van der Waals surface area (Å²) >= 11 is 0. The lowest BCUT2D eigenvalue weighted by atomic mass is 9.59. The number of carbonyl (C=O) groups is 1. The fraction of sp³-hybridized carbons (Fsp3) is 0.706. The molecule has 1 aromatic rings. The largest absolute Gasteiger partial charge is 0.468 e.